The molecule has 0 fully saturated rings. The minimum Gasteiger partial charge on any atom is -0.494 e. The summed E-state index contributed by atoms with van der Waals surface area (Å²) in [5, 5.41) is 7.92. The van der Waals surface area contributed by atoms with Crippen molar-refractivity contribution in [1.82, 2.24) is 14.8 Å². The third-order valence-corrected chi connectivity index (χ3v) is 5.32. The van der Waals surface area contributed by atoms with E-state index in [1.807, 2.05) is 75.4 Å². The molecule has 6 nitrogen and oxygen atoms in total. The summed E-state index contributed by atoms with van der Waals surface area (Å²) in [6.07, 6.45) is 0. The van der Waals surface area contributed by atoms with Gasteiger partial charge in [0.05, 0.1) is 12.3 Å². The summed E-state index contributed by atoms with van der Waals surface area (Å²) in [6, 6.07) is 20.8. The average Bonchev–Trinajstić information content (AvgIpc) is 3.23. The first-order valence-electron chi connectivity index (χ1n) is 10.3. The molecular weight excluding hydrogens is 424 g/mol. The van der Waals surface area contributed by atoms with Crippen LogP contribution in [0.3, 0.4) is 0 Å². The maximum Gasteiger partial charge on any atom is 0.295 e. The number of hydrogen-bond acceptors (Lipinski definition) is 4. The molecule has 3 aromatic carbocycles. The zero-order valence-corrected chi connectivity index (χ0v) is 18.8. The van der Waals surface area contributed by atoms with Crippen molar-refractivity contribution in [2.45, 2.75) is 20.8 Å². The predicted octanol–water partition coefficient (Wildman–Crippen LogP) is 5.86. The van der Waals surface area contributed by atoms with E-state index in [1.54, 1.807) is 16.8 Å². The second-order valence-electron chi connectivity index (χ2n) is 7.39. The summed E-state index contributed by atoms with van der Waals surface area (Å²) in [6.45, 7) is 6.44. The highest BCUT2D eigenvalue weighted by molar-refractivity contribution is 6.31. The second kappa shape index (κ2) is 9.24. The molecule has 1 aromatic heterocycles. The van der Waals surface area contributed by atoms with Crippen molar-refractivity contribution in [2.75, 3.05) is 11.9 Å². The predicted molar refractivity (Wildman–Crippen MR) is 127 cm³/mol. The van der Waals surface area contributed by atoms with E-state index in [-0.39, 0.29) is 5.82 Å². The van der Waals surface area contributed by atoms with Crippen molar-refractivity contribution in [3.8, 4) is 22.8 Å². The van der Waals surface area contributed by atoms with E-state index in [1.165, 1.54) is 0 Å². The number of nitrogens with one attached hydrogen (secondary N) is 1. The van der Waals surface area contributed by atoms with Crippen molar-refractivity contribution in [2.24, 2.45) is 0 Å². The molecule has 32 heavy (non-hydrogen) atoms. The topological polar surface area (TPSA) is 69.0 Å². The number of hydrogen-bond donors (Lipinski definition) is 1. The number of nitrogens with zero attached hydrogens (tertiary/aromatic N) is 3. The molecule has 4 rings (SSSR count). The molecule has 0 spiro atoms. The lowest BCUT2D eigenvalue weighted by molar-refractivity contribution is 0.101. The van der Waals surface area contributed by atoms with Gasteiger partial charge in [-0.15, -0.1) is 5.10 Å². The Morgan fingerprint density at radius 1 is 1.06 bits per heavy atom. The highest BCUT2D eigenvalue weighted by Crippen LogP contribution is 2.25. The SMILES string of the molecule is CCOc1ccc(-n2nc(C(=O)Nc3ccc(C)c(Cl)c3)nc2-c2cccc(C)c2)cc1. The van der Waals surface area contributed by atoms with Crippen LogP contribution < -0.4 is 10.1 Å². The Kier molecular flexibility index (Phi) is 6.23. The number of anilines is 1. The molecular formula is C25H23ClN4O2. The molecule has 0 saturated heterocycles. The Balaban J connectivity index is 1.73. The fraction of sp³-hybridized carbons (Fsp3) is 0.160. The molecule has 0 bridgehead atoms. The summed E-state index contributed by atoms with van der Waals surface area (Å²) in [5.41, 5.74) is 4.24. The first kappa shape index (κ1) is 21.6. The molecule has 0 atom stereocenters. The molecule has 0 unspecified atom stereocenters. The molecule has 0 radical (unpaired) electrons. The van der Waals surface area contributed by atoms with Crippen molar-refractivity contribution < 1.29 is 9.53 Å². The number of ether oxygens (including phenoxy) is 1. The van der Waals surface area contributed by atoms with Gasteiger partial charge in [0.15, 0.2) is 5.82 Å². The van der Waals surface area contributed by atoms with Gasteiger partial charge >= 0.3 is 0 Å². The standard InChI is InChI=1S/C25H23ClN4O2/c1-4-32-21-12-10-20(11-13-21)30-24(18-7-5-6-16(2)14-18)28-23(29-30)25(31)27-19-9-8-17(3)22(26)15-19/h5-15H,4H2,1-3H3,(H,27,31). The highest BCUT2D eigenvalue weighted by Gasteiger charge is 2.19. The first-order valence-corrected chi connectivity index (χ1v) is 10.7. The number of halogens is 1. The lowest BCUT2D eigenvalue weighted by Crippen LogP contribution is -2.14. The maximum absolute atomic E-state index is 12.9. The minimum absolute atomic E-state index is 0.0621. The normalized spacial score (nSPS) is 10.8. The van der Waals surface area contributed by atoms with Gasteiger partial charge in [0.1, 0.15) is 5.75 Å². The smallest absolute Gasteiger partial charge is 0.295 e. The zero-order valence-electron chi connectivity index (χ0n) is 18.1. The molecule has 1 amide bonds. The molecule has 162 valence electrons. The highest BCUT2D eigenvalue weighted by atomic mass is 35.5. The fourth-order valence-corrected chi connectivity index (χ4v) is 3.45. The van der Waals surface area contributed by atoms with Gasteiger partial charge < -0.3 is 10.1 Å². The van der Waals surface area contributed by atoms with Crippen molar-refractivity contribution in [1.29, 1.82) is 0 Å². The molecule has 0 aliphatic heterocycles. The van der Waals surface area contributed by atoms with Crippen LogP contribution in [0.5, 0.6) is 5.75 Å². The van der Waals surface area contributed by atoms with Crippen LogP contribution in [0.25, 0.3) is 17.1 Å². The van der Waals surface area contributed by atoms with Crippen molar-refractivity contribution >= 4 is 23.2 Å². The van der Waals surface area contributed by atoms with Gasteiger partial charge in [-0.05, 0) is 68.8 Å². The van der Waals surface area contributed by atoms with Crippen molar-refractivity contribution in [3.05, 3.63) is 88.7 Å². The van der Waals surface area contributed by atoms with Gasteiger partial charge in [-0.2, -0.15) is 0 Å². The number of carbonyl (C=O) groups excluding carboxylic acids is 1. The summed E-state index contributed by atoms with van der Waals surface area (Å²) >= 11 is 6.19. The molecule has 1 N–H and O–H groups in total. The van der Waals surface area contributed by atoms with Gasteiger partial charge in [0.2, 0.25) is 5.82 Å². The lowest BCUT2D eigenvalue weighted by atomic mass is 10.1. The van der Waals surface area contributed by atoms with Gasteiger partial charge in [-0.25, -0.2) is 9.67 Å². The van der Waals surface area contributed by atoms with Crippen LogP contribution in [0.2, 0.25) is 5.02 Å². The second-order valence-corrected chi connectivity index (χ2v) is 7.79. The van der Waals surface area contributed by atoms with Crippen molar-refractivity contribution in [3.63, 3.8) is 0 Å². The Hall–Kier alpha value is -3.64. The summed E-state index contributed by atoms with van der Waals surface area (Å²) in [4.78, 5) is 17.5. The minimum atomic E-state index is -0.413. The van der Waals surface area contributed by atoms with Gasteiger partial charge in [-0.3, -0.25) is 4.79 Å². The summed E-state index contributed by atoms with van der Waals surface area (Å²) < 4.78 is 7.20. The molecule has 0 saturated carbocycles. The Morgan fingerprint density at radius 3 is 2.53 bits per heavy atom. The monoisotopic (exact) mass is 446 g/mol. The number of aryl methyl sites for hydroxylation is 2. The van der Waals surface area contributed by atoms with E-state index in [9.17, 15) is 4.79 Å². The first-order chi connectivity index (χ1) is 15.4. The van der Waals surface area contributed by atoms with Gasteiger partial charge in [-0.1, -0.05) is 41.4 Å². The third kappa shape index (κ3) is 4.65. The molecule has 0 aliphatic carbocycles. The number of amides is 1. The van der Waals surface area contributed by atoms with Gasteiger partial charge in [0.25, 0.3) is 5.91 Å². The largest absolute Gasteiger partial charge is 0.494 e. The van der Waals surface area contributed by atoms with E-state index in [0.29, 0.717) is 23.1 Å². The van der Waals surface area contributed by atoms with E-state index < -0.39 is 5.91 Å². The Labute approximate surface area is 191 Å². The van der Waals surface area contributed by atoms with Crippen LogP contribution in [-0.4, -0.2) is 27.3 Å². The van der Waals surface area contributed by atoms with Crippen LogP contribution in [0, 0.1) is 13.8 Å². The van der Waals surface area contributed by atoms with E-state index >= 15 is 0 Å². The van der Waals surface area contributed by atoms with Crippen LogP contribution >= 0.6 is 11.6 Å². The average molecular weight is 447 g/mol. The number of carbonyl (C=O) groups is 1. The number of aromatic nitrogens is 3. The quantitative estimate of drug-likeness (QED) is 0.403. The number of benzene rings is 3. The fourth-order valence-electron chi connectivity index (χ4n) is 3.27. The Bertz CT molecular complexity index is 1270. The lowest BCUT2D eigenvalue weighted by Gasteiger charge is -2.08. The number of rotatable bonds is 6. The van der Waals surface area contributed by atoms with Crippen LogP contribution in [0.1, 0.15) is 28.7 Å². The molecule has 1 heterocycles. The molecule has 4 aromatic rings. The van der Waals surface area contributed by atoms with E-state index in [2.05, 4.69) is 15.4 Å². The Morgan fingerprint density at radius 2 is 1.84 bits per heavy atom. The molecule has 0 aliphatic rings. The third-order valence-electron chi connectivity index (χ3n) is 4.91. The maximum atomic E-state index is 12.9. The van der Waals surface area contributed by atoms with E-state index in [4.69, 9.17) is 16.3 Å². The van der Waals surface area contributed by atoms with Crippen LogP contribution in [-0.2, 0) is 0 Å². The van der Waals surface area contributed by atoms with Gasteiger partial charge in [0, 0.05) is 16.3 Å². The molecule has 7 heteroatoms. The summed E-state index contributed by atoms with van der Waals surface area (Å²) in [7, 11) is 0. The van der Waals surface area contributed by atoms with Crippen LogP contribution in [0.15, 0.2) is 66.7 Å². The summed E-state index contributed by atoms with van der Waals surface area (Å²) in [5.74, 6) is 0.989. The van der Waals surface area contributed by atoms with E-state index in [0.717, 1.165) is 28.1 Å². The zero-order chi connectivity index (χ0) is 22.7. The van der Waals surface area contributed by atoms with Crippen LogP contribution in [0.4, 0.5) is 5.69 Å².